The predicted octanol–water partition coefficient (Wildman–Crippen LogP) is 0.992. The van der Waals surface area contributed by atoms with E-state index in [1.165, 1.54) is 0 Å². The summed E-state index contributed by atoms with van der Waals surface area (Å²) in [5.74, 6) is -0.154. The molecule has 1 saturated heterocycles. The maximum atomic E-state index is 11.3. The topological polar surface area (TPSA) is 55.8 Å². The van der Waals surface area contributed by atoms with E-state index in [1.807, 2.05) is 0 Å². The highest BCUT2D eigenvalue weighted by Crippen LogP contribution is 2.38. The van der Waals surface area contributed by atoms with Crippen LogP contribution in [0.3, 0.4) is 0 Å². The molecular formula is C11H16O4. The number of aliphatic hydroxyl groups excluding tert-OH is 1. The highest BCUT2D eigenvalue weighted by molar-refractivity contribution is 5.87. The van der Waals surface area contributed by atoms with Crippen LogP contribution in [0.5, 0.6) is 0 Å². The van der Waals surface area contributed by atoms with E-state index in [1.54, 1.807) is 6.92 Å². The van der Waals surface area contributed by atoms with E-state index in [9.17, 15) is 9.90 Å². The van der Waals surface area contributed by atoms with Crippen LogP contribution >= 0.6 is 0 Å². The Balaban J connectivity index is 1.95. The Hall–Kier alpha value is -0.870. The third kappa shape index (κ3) is 2.06. The Morgan fingerprint density at radius 2 is 2.27 bits per heavy atom. The zero-order valence-electron chi connectivity index (χ0n) is 8.81. The van der Waals surface area contributed by atoms with Crippen LogP contribution in [-0.4, -0.2) is 29.6 Å². The number of hydrogen-bond acceptors (Lipinski definition) is 4. The third-order valence-corrected chi connectivity index (χ3v) is 3.10. The molecule has 0 amide bonds. The number of ether oxygens (including phenoxy) is 2. The normalized spacial score (nSPS) is 38.8. The fourth-order valence-electron chi connectivity index (χ4n) is 2.20. The van der Waals surface area contributed by atoms with Crippen molar-refractivity contribution in [1.82, 2.24) is 0 Å². The first-order valence-corrected chi connectivity index (χ1v) is 5.28. The van der Waals surface area contributed by atoms with E-state index < -0.39 is 6.29 Å². The molecule has 2 aliphatic rings. The van der Waals surface area contributed by atoms with Gasteiger partial charge in [0.25, 0.3) is 0 Å². The molecule has 1 N–H and O–H groups in total. The molecule has 1 saturated carbocycles. The van der Waals surface area contributed by atoms with Gasteiger partial charge >= 0.3 is 5.97 Å². The predicted molar refractivity (Wildman–Crippen MR) is 52.9 cm³/mol. The van der Waals surface area contributed by atoms with Crippen LogP contribution in [0.25, 0.3) is 0 Å². The molecule has 0 radical (unpaired) electrons. The van der Waals surface area contributed by atoms with Crippen LogP contribution in [0.4, 0.5) is 0 Å². The van der Waals surface area contributed by atoms with E-state index in [0.717, 1.165) is 19.3 Å². The van der Waals surface area contributed by atoms with Gasteiger partial charge in [-0.3, -0.25) is 0 Å². The summed E-state index contributed by atoms with van der Waals surface area (Å²) in [4.78, 5) is 11.3. The molecule has 0 aromatic carbocycles. The Bertz CT molecular complexity index is 284. The fourth-order valence-corrected chi connectivity index (χ4v) is 2.20. The molecule has 2 fully saturated rings. The quantitative estimate of drug-likeness (QED) is 0.548. The van der Waals surface area contributed by atoms with Crippen LogP contribution in [0.2, 0.25) is 0 Å². The minimum atomic E-state index is -0.677. The zero-order chi connectivity index (χ0) is 11.0. The highest BCUT2D eigenvalue weighted by atomic mass is 16.6. The van der Waals surface area contributed by atoms with Crippen LogP contribution in [0, 0.1) is 5.92 Å². The summed E-state index contributed by atoms with van der Waals surface area (Å²) in [5.41, 5.74) is 0.399. The number of esters is 1. The van der Waals surface area contributed by atoms with Crippen LogP contribution in [0.1, 0.15) is 26.2 Å². The van der Waals surface area contributed by atoms with Gasteiger partial charge in [0.15, 0.2) is 6.29 Å². The Kier molecular flexibility index (Phi) is 2.80. The van der Waals surface area contributed by atoms with Crippen molar-refractivity contribution in [3.8, 4) is 0 Å². The molecule has 4 heteroatoms. The summed E-state index contributed by atoms with van der Waals surface area (Å²) < 4.78 is 10.6. The van der Waals surface area contributed by atoms with E-state index in [-0.39, 0.29) is 24.1 Å². The molecular weight excluding hydrogens is 196 g/mol. The summed E-state index contributed by atoms with van der Waals surface area (Å²) >= 11 is 0. The minimum Gasteiger partial charge on any atom is -0.456 e. The molecule has 84 valence electrons. The van der Waals surface area contributed by atoms with Gasteiger partial charge in [-0.25, -0.2) is 4.79 Å². The first kappa shape index (κ1) is 10.6. The summed E-state index contributed by atoms with van der Waals surface area (Å²) in [7, 11) is 0. The van der Waals surface area contributed by atoms with Gasteiger partial charge in [-0.2, -0.15) is 0 Å². The number of carbonyl (C=O) groups excluding carboxylic acids is 1. The lowest BCUT2D eigenvalue weighted by Gasteiger charge is -2.26. The number of rotatable bonds is 2. The van der Waals surface area contributed by atoms with Crippen molar-refractivity contribution in [3.05, 3.63) is 12.2 Å². The maximum absolute atomic E-state index is 11.3. The smallest absolute Gasteiger partial charge is 0.333 e. The van der Waals surface area contributed by atoms with Crippen molar-refractivity contribution < 1.29 is 19.4 Å². The van der Waals surface area contributed by atoms with Crippen molar-refractivity contribution in [2.24, 2.45) is 5.92 Å². The minimum absolute atomic E-state index is 0.137. The van der Waals surface area contributed by atoms with E-state index in [2.05, 4.69) is 6.58 Å². The molecule has 2 bridgehead atoms. The molecule has 1 heterocycles. The second-order valence-electron chi connectivity index (χ2n) is 4.36. The monoisotopic (exact) mass is 212 g/mol. The van der Waals surface area contributed by atoms with Gasteiger partial charge in [0.2, 0.25) is 0 Å². The Morgan fingerprint density at radius 3 is 2.93 bits per heavy atom. The van der Waals surface area contributed by atoms with Gasteiger partial charge in [0.1, 0.15) is 6.10 Å². The molecule has 15 heavy (non-hydrogen) atoms. The van der Waals surface area contributed by atoms with Crippen LogP contribution < -0.4 is 0 Å². The first-order chi connectivity index (χ1) is 7.08. The zero-order valence-corrected chi connectivity index (χ0v) is 8.81. The molecule has 4 atom stereocenters. The fraction of sp³-hybridized carbons (Fsp3) is 0.727. The number of aliphatic hydroxyl groups is 1. The van der Waals surface area contributed by atoms with Crippen molar-refractivity contribution in [2.45, 2.75) is 44.7 Å². The average molecular weight is 212 g/mol. The van der Waals surface area contributed by atoms with Crippen LogP contribution in [-0.2, 0) is 14.3 Å². The lowest BCUT2D eigenvalue weighted by molar-refractivity contribution is -0.159. The van der Waals surface area contributed by atoms with Gasteiger partial charge in [0, 0.05) is 11.5 Å². The third-order valence-electron chi connectivity index (χ3n) is 3.10. The lowest BCUT2D eigenvalue weighted by atomic mass is 9.88. The number of fused-ring (bicyclic) bond motifs is 2. The summed E-state index contributed by atoms with van der Waals surface area (Å²) in [6.07, 6.45) is 1.38. The second-order valence-corrected chi connectivity index (χ2v) is 4.36. The average Bonchev–Trinajstić information content (AvgIpc) is 2.48. The van der Waals surface area contributed by atoms with Gasteiger partial charge in [-0.1, -0.05) is 6.58 Å². The SMILES string of the molecule is C=C(C)C(=O)OC1CCC2CC1OC2O. The summed E-state index contributed by atoms with van der Waals surface area (Å²) in [5, 5.41) is 9.48. The van der Waals surface area contributed by atoms with Crippen molar-refractivity contribution in [1.29, 1.82) is 0 Å². The largest absolute Gasteiger partial charge is 0.456 e. The van der Waals surface area contributed by atoms with E-state index in [4.69, 9.17) is 9.47 Å². The standard InChI is InChI=1S/C11H16O4/c1-6(2)10(12)14-8-4-3-7-5-9(8)15-11(7)13/h7-9,11,13H,1,3-5H2,2H3. The van der Waals surface area contributed by atoms with E-state index in [0.29, 0.717) is 5.57 Å². The number of carbonyl (C=O) groups is 1. The van der Waals surface area contributed by atoms with Gasteiger partial charge in [-0.05, 0) is 26.2 Å². The molecule has 0 aromatic heterocycles. The van der Waals surface area contributed by atoms with Gasteiger partial charge < -0.3 is 14.6 Å². The highest BCUT2D eigenvalue weighted by Gasteiger charge is 2.44. The van der Waals surface area contributed by atoms with E-state index >= 15 is 0 Å². The summed E-state index contributed by atoms with van der Waals surface area (Å²) in [6, 6.07) is 0. The first-order valence-electron chi connectivity index (χ1n) is 5.28. The molecule has 0 spiro atoms. The van der Waals surface area contributed by atoms with Gasteiger partial charge in [0.05, 0.1) is 6.10 Å². The molecule has 1 aliphatic heterocycles. The Morgan fingerprint density at radius 1 is 1.53 bits per heavy atom. The second kappa shape index (κ2) is 3.94. The van der Waals surface area contributed by atoms with Crippen molar-refractivity contribution in [3.63, 3.8) is 0 Å². The number of hydrogen-bond donors (Lipinski definition) is 1. The molecule has 4 unspecified atom stereocenters. The Labute approximate surface area is 88.9 Å². The van der Waals surface area contributed by atoms with Crippen LogP contribution in [0.15, 0.2) is 12.2 Å². The molecule has 0 aromatic rings. The molecule has 2 rings (SSSR count). The lowest BCUT2D eigenvalue weighted by Crippen LogP contribution is -2.33. The van der Waals surface area contributed by atoms with Gasteiger partial charge in [-0.15, -0.1) is 0 Å². The van der Waals surface area contributed by atoms with Crippen molar-refractivity contribution >= 4 is 5.97 Å². The molecule has 1 aliphatic carbocycles. The molecule has 4 nitrogen and oxygen atoms in total. The maximum Gasteiger partial charge on any atom is 0.333 e. The summed E-state index contributed by atoms with van der Waals surface area (Å²) in [6.45, 7) is 5.16. The van der Waals surface area contributed by atoms with Crippen molar-refractivity contribution in [2.75, 3.05) is 0 Å².